The van der Waals surface area contributed by atoms with Crippen LogP contribution in [0.25, 0.3) is 0 Å². The summed E-state index contributed by atoms with van der Waals surface area (Å²) in [6.45, 7) is 11.0. The lowest BCUT2D eigenvalue weighted by Gasteiger charge is -2.15. The minimum atomic E-state index is 0.819. The van der Waals surface area contributed by atoms with Crippen LogP contribution in [-0.4, -0.2) is 0 Å². The molecule has 0 rings (SSSR count). The van der Waals surface area contributed by atoms with E-state index in [-0.39, 0.29) is 0 Å². The molecule has 2 atom stereocenters. The summed E-state index contributed by atoms with van der Waals surface area (Å²) < 4.78 is 0. The molecule has 0 aliphatic rings. The topological polar surface area (TPSA) is 0 Å². The van der Waals surface area contributed by atoms with E-state index < -0.39 is 0 Å². The molecular weight excluding hydrogens is 204 g/mol. The quantitative estimate of drug-likeness (QED) is 0.345. The highest BCUT2D eigenvalue weighted by molar-refractivity contribution is 4.61. The minimum Gasteiger partial charge on any atom is -0.0654 e. The average molecular weight is 239 g/mol. The molecule has 0 N–H and O–H groups in total. The lowest BCUT2D eigenvalue weighted by atomic mass is 9.91. The Morgan fingerprint density at radius 2 is 1.29 bits per heavy atom. The summed E-state index contributed by atoms with van der Waals surface area (Å²) in [6.07, 6.45) is 15.4. The SMILES string of the molecule is [CH2]CC(C)CC(C)CCCCCCCCCC. The van der Waals surface area contributed by atoms with Crippen molar-refractivity contribution >= 4 is 0 Å². The zero-order chi connectivity index (χ0) is 12.9. The van der Waals surface area contributed by atoms with Gasteiger partial charge in [-0.15, -0.1) is 0 Å². The third kappa shape index (κ3) is 12.2. The molecule has 0 spiro atoms. The van der Waals surface area contributed by atoms with Crippen LogP contribution >= 0.6 is 0 Å². The summed E-state index contributed by atoms with van der Waals surface area (Å²) >= 11 is 0. The van der Waals surface area contributed by atoms with Gasteiger partial charge in [-0.05, 0) is 18.3 Å². The summed E-state index contributed by atoms with van der Waals surface area (Å²) in [7, 11) is 0. The molecule has 0 fully saturated rings. The van der Waals surface area contributed by atoms with Gasteiger partial charge in [0, 0.05) is 0 Å². The first-order valence-corrected chi connectivity index (χ1v) is 7.99. The second kappa shape index (κ2) is 12.5. The van der Waals surface area contributed by atoms with Crippen molar-refractivity contribution in [1.29, 1.82) is 0 Å². The smallest absolute Gasteiger partial charge is 0.0440 e. The van der Waals surface area contributed by atoms with Gasteiger partial charge in [0.25, 0.3) is 0 Å². The second-order valence-electron chi connectivity index (χ2n) is 6.00. The summed E-state index contributed by atoms with van der Waals surface area (Å²) in [5.74, 6) is 1.73. The van der Waals surface area contributed by atoms with Gasteiger partial charge in [-0.1, -0.05) is 91.9 Å². The van der Waals surface area contributed by atoms with Gasteiger partial charge >= 0.3 is 0 Å². The van der Waals surface area contributed by atoms with Crippen LogP contribution in [0.2, 0.25) is 0 Å². The number of hydrogen-bond donors (Lipinski definition) is 0. The van der Waals surface area contributed by atoms with Crippen molar-refractivity contribution in [2.45, 2.75) is 91.4 Å². The molecule has 17 heavy (non-hydrogen) atoms. The standard InChI is InChI=1S/C17H35/c1-5-7-8-9-10-11-12-13-14-17(4)15-16(3)6-2/h16-17H,2,5-15H2,1,3-4H3. The molecule has 0 aliphatic heterocycles. The third-order valence-electron chi connectivity index (χ3n) is 3.85. The van der Waals surface area contributed by atoms with Crippen molar-refractivity contribution < 1.29 is 0 Å². The van der Waals surface area contributed by atoms with E-state index in [2.05, 4.69) is 27.7 Å². The van der Waals surface area contributed by atoms with Gasteiger partial charge in [0.1, 0.15) is 0 Å². The highest BCUT2D eigenvalue weighted by Gasteiger charge is 2.06. The van der Waals surface area contributed by atoms with Crippen LogP contribution in [0.15, 0.2) is 0 Å². The molecule has 0 aliphatic carbocycles. The maximum atomic E-state index is 3.98. The second-order valence-corrected chi connectivity index (χ2v) is 6.00. The van der Waals surface area contributed by atoms with E-state index in [0.29, 0.717) is 0 Å². The Balaban J connectivity index is 3.16. The molecule has 0 saturated heterocycles. The first kappa shape index (κ1) is 17.0. The molecule has 0 aromatic carbocycles. The van der Waals surface area contributed by atoms with Gasteiger partial charge in [-0.2, -0.15) is 0 Å². The molecule has 0 heteroatoms. The Bertz CT molecular complexity index is 139. The van der Waals surface area contributed by atoms with E-state index in [4.69, 9.17) is 0 Å². The van der Waals surface area contributed by atoms with Crippen LogP contribution in [0.3, 0.4) is 0 Å². The molecule has 0 heterocycles. The Hall–Kier alpha value is 0. The van der Waals surface area contributed by atoms with E-state index in [1.807, 2.05) is 0 Å². The third-order valence-corrected chi connectivity index (χ3v) is 3.85. The Kier molecular flexibility index (Phi) is 12.5. The molecule has 0 saturated carbocycles. The van der Waals surface area contributed by atoms with Crippen molar-refractivity contribution in [1.82, 2.24) is 0 Å². The maximum Gasteiger partial charge on any atom is -0.0440 e. The number of unbranched alkanes of at least 4 members (excludes halogenated alkanes) is 7. The monoisotopic (exact) mass is 239 g/mol. The molecule has 103 valence electrons. The van der Waals surface area contributed by atoms with Gasteiger partial charge < -0.3 is 0 Å². The fraction of sp³-hybridized carbons (Fsp3) is 0.941. The molecule has 1 radical (unpaired) electrons. The zero-order valence-electron chi connectivity index (χ0n) is 12.6. The minimum absolute atomic E-state index is 0.819. The van der Waals surface area contributed by atoms with Gasteiger partial charge in [0.15, 0.2) is 0 Å². The molecule has 0 nitrogen and oxygen atoms in total. The summed E-state index contributed by atoms with van der Waals surface area (Å²) in [4.78, 5) is 0. The largest absolute Gasteiger partial charge is 0.0654 e. The Morgan fingerprint density at radius 1 is 0.765 bits per heavy atom. The van der Waals surface area contributed by atoms with Crippen LogP contribution in [0.4, 0.5) is 0 Å². The highest BCUT2D eigenvalue weighted by atomic mass is 14.1. The summed E-state index contributed by atoms with van der Waals surface area (Å²) in [5.41, 5.74) is 0. The van der Waals surface area contributed by atoms with Crippen molar-refractivity contribution in [3.8, 4) is 0 Å². The Labute approximate surface area is 111 Å². The van der Waals surface area contributed by atoms with Crippen LogP contribution in [0.5, 0.6) is 0 Å². The molecule has 2 unspecified atom stereocenters. The van der Waals surface area contributed by atoms with Gasteiger partial charge in [-0.25, -0.2) is 0 Å². The van der Waals surface area contributed by atoms with Gasteiger partial charge in [-0.3, -0.25) is 0 Å². The van der Waals surface area contributed by atoms with Crippen LogP contribution < -0.4 is 0 Å². The normalized spacial score (nSPS) is 14.8. The van der Waals surface area contributed by atoms with Crippen molar-refractivity contribution in [3.63, 3.8) is 0 Å². The van der Waals surface area contributed by atoms with Crippen LogP contribution in [0.1, 0.15) is 91.4 Å². The van der Waals surface area contributed by atoms with E-state index in [0.717, 1.165) is 18.3 Å². The van der Waals surface area contributed by atoms with Crippen molar-refractivity contribution in [2.24, 2.45) is 11.8 Å². The number of rotatable bonds is 12. The van der Waals surface area contributed by atoms with Gasteiger partial charge in [0.05, 0.1) is 0 Å². The fourth-order valence-electron chi connectivity index (χ4n) is 2.55. The summed E-state index contributed by atoms with van der Waals surface area (Å²) in [5, 5.41) is 0. The average Bonchev–Trinajstić information content (AvgIpc) is 2.32. The van der Waals surface area contributed by atoms with Crippen molar-refractivity contribution in [2.75, 3.05) is 0 Å². The first-order valence-electron chi connectivity index (χ1n) is 7.99. The van der Waals surface area contributed by atoms with Gasteiger partial charge in [0.2, 0.25) is 0 Å². The van der Waals surface area contributed by atoms with Crippen LogP contribution in [-0.2, 0) is 0 Å². The van der Waals surface area contributed by atoms with Crippen LogP contribution in [0, 0.1) is 18.8 Å². The molecule has 0 aromatic heterocycles. The van der Waals surface area contributed by atoms with Crippen molar-refractivity contribution in [3.05, 3.63) is 6.92 Å². The molecular formula is C17H35. The molecule has 0 aromatic rings. The van der Waals surface area contributed by atoms with E-state index in [1.54, 1.807) is 0 Å². The zero-order valence-corrected chi connectivity index (χ0v) is 12.6. The predicted octanol–water partition coefficient (Wildman–Crippen LogP) is 6.40. The lowest BCUT2D eigenvalue weighted by Crippen LogP contribution is -2.02. The van der Waals surface area contributed by atoms with E-state index in [9.17, 15) is 0 Å². The lowest BCUT2D eigenvalue weighted by molar-refractivity contribution is 0.381. The number of hydrogen-bond acceptors (Lipinski definition) is 0. The van der Waals surface area contributed by atoms with E-state index in [1.165, 1.54) is 64.2 Å². The molecule has 0 bridgehead atoms. The highest BCUT2D eigenvalue weighted by Crippen LogP contribution is 2.20. The summed E-state index contributed by atoms with van der Waals surface area (Å²) in [6, 6.07) is 0. The first-order chi connectivity index (χ1) is 8.20. The Morgan fingerprint density at radius 3 is 1.82 bits per heavy atom. The predicted molar refractivity (Wildman–Crippen MR) is 80.1 cm³/mol. The van der Waals surface area contributed by atoms with E-state index >= 15 is 0 Å². The fourth-order valence-corrected chi connectivity index (χ4v) is 2.55. The maximum absolute atomic E-state index is 3.98. The molecule has 0 amide bonds.